The Kier molecular flexibility index (Phi) is 6.31. The molecule has 1 aliphatic rings. The van der Waals surface area contributed by atoms with Crippen LogP contribution in [0.5, 0.6) is 5.75 Å². The van der Waals surface area contributed by atoms with Crippen molar-refractivity contribution in [3.63, 3.8) is 0 Å². The van der Waals surface area contributed by atoms with Crippen LogP contribution in [-0.2, 0) is 11.3 Å². The quantitative estimate of drug-likeness (QED) is 0.885. The van der Waals surface area contributed by atoms with E-state index in [0.717, 1.165) is 22.8 Å². The predicted octanol–water partition coefficient (Wildman–Crippen LogP) is 3.09. The monoisotopic (exact) mass is 351 g/mol. The molecule has 0 radical (unpaired) electrons. The van der Waals surface area contributed by atoms with Crippen molar-refractivity contribution in [1.29, 1.82) is 0 Å². The molecule has 1 amide bonds. The van der Waals surface area contributed by atoms with Crippen LogP contribution < -0.4 is 10.1 Å². The summed E-state index contributed by atoms with van der Waals surface area (Å²) < 4.78 is 40.7. The summed E-state index contributed by atoms with van der Waals surface area (Å²) in [7, 11) is 0. The van der Waals surface area contributed by atoms with Gasteiger partial charge in [-0.2, -0.15) is 24.9 Å². The second kappa shape index (κ2) is 8.01. The molecule has 0 unspecified atom stereocenters. The summed E-state index contributed by atoms with van der Waals surface area (Å²) >= 11 is 3.43. The van der Waals surface area contributed by atoms with Gasteiger partial charge in [0.25, 0.3) is 0 Å². The second-order valence-corrected chi connectivity index (χ2v) is 7.16. The number of halogens is 3. The third-order valence-corrected chi connectivity index (χ3v) is 5.66. The van der Waals surface area contributed by atoms with Crippen molar-refractivity contribution >= 4 is 29.4 Å². The maximum atomic E-state index is 12.0. The Labute approximate surface area is 135 Å². The molecule has 0 aromatic heterocycles. The minimum Gasteiger partial charge on any atom is -0.484 e. The number of ether oxygens (including phenoxy) is 1. The fourth-order valence-corrected chi connectivity index (χ4v) is 4.39. The van der Waals surface area contributed by atoms with Crippen LogP contribution in [0.15, 0.2) is 24.3 Å². The molecule has 1 atom stereocenters. The van der Waals surface area contributed by atoms with Crippen LogP contribution in [0.3, 0.4) is 0 Å². The van der Waals surface area contributed by atoms with Gasteiger partial charge in [-0.05, 0) is 17.7 Å². The average Bonchev–Trinajstić information content (AvgIpc) is 2.52. The molecule has 3 nitrogen and oxygen atoms in total. The maximum absolute atomic E-state index is 12.0. The highest BCUT2D eigenvalue weighted by atomic mass is 32.2. The van der Waals surface area contributed by atoms with E-state index in [-0.39, 0.29) is 16.9 Å². The Morgan fingerprint density at radius 2 is 2.00 bits per heavy atom. The Balaban J connectivity index is 1.77. The summed E-state index contributed by atoms with van der Waals surface area (Å²) in [6.45, 7) is -0.945. The summed E-state index contributed by atoms with van der Waals surface area (Å²) in [5, 5.41) is 2.83. The van der Waals surface area contributed by atoms with Crippen LogP contribution in [0.2, 0.25) is 0 Å². The lowest BCUT2D eigenvalue weighted by Gasteiger charge is -2.20. The van der Waals surface area contributed by atoms with E-state index < -0.39 is 12.8 Å². The normalized spacial score (nSPS) is 18.8. The topological polar surface area (TPSA) is 38.3 Å². The lowest BCUT2D eigenvalue weighted by molar-refractivity contribution is -0.153. The molecular weight excluding hydrogens is 335 g/mol. The average molecular weight is 351 g/mol. The Morgan fingerprint density at radius 1 is 1.27 bits per heavy atom. The van der Waals surface area contributed by atoms with E-state index in [4.69, 9.17) is 0 Å². The highest BCUT2D eigenvalue weighted by Crippen LogP contribution is 2.24. The Morgan fingerprint density at radius 3 is 2.59 bits per heavy atom. The fourth-order valence-electron chi connectivity index (χ4n) is 1.81. The minimum atomic E-state index is -4.34. The maximum Gasteiger partial charge on any atom is 0.422 e. The Bertz CT molecular complexity index is 488. The number of hydrogen-bond donors (Lipinski definition) is 1. The van der Waals surface area contributed by atoms with E-state index >= 15 is 0 Å². The summed E-state index contributed by atoms with van der Waals surface area (Å²) in [6, 6.07) is 6.24. The number of alkyl halides is 3. The highest BCUT2D eigenvalue weighted by molar-refractivity contribution is 8.07. The zero-order valence-corrected chi connectivity index (χ0v) is 13.3. The molecule has 0 spiro atoms. The molecule has 0 saturated carbocycles. The number of thioether (sulfide) groups is 2. The number of rotatable bonds is 5. The molecule has 1 heterocycles. The first-order valence-corrected chi connectivity index (χ1v) is 8.90. The molecule has 0 bridgehead atoms. The van der Waals surface area contributed by atoms with E-state index in [1.807, 2.05) is 0 Å². The van der Waals surface area contributed by atoms with Gasteiger partial charge in [0.1, 0.15) is 5.75 Å². The summed E-state index contributed by atoms with van der Waals surface area (Å²) in [4.78, 5) is 12.0. The van der Waals surface area contributed by atoms with Crippen LogP contribution in [0, 0.1) is 0 Å². The standard InChI is InChI=1S/C14H16F3NO2S2/c15-14(16,17)9-20-11-3-1-10(2-4-11)7-18-13(19)12-8-21-5-6-22-12/h1-4,12H,5-9H2,(H,18,19)/t12-/m1/s1. The molecule has 1 aromatic carbocycles. The van der Waals surface area contributed by atoms with Gasteiger partial charge in [-0.3, -0.25) is 4.79 Å². The number of carbonyl (C=O) groups excluding carboxylic acids is 1. The lowest BCUT2D eigenvalue weighted by Crippen LogP contribution is -2.35. The van der Waals surface area contributed by atoms with Gasteiger partial charge in [-0.1, -0.05) is 12.1 Å². The number of benzene rings is 1. The van der Waals surface area contributed by atoms with E-state index in [2.05, 4.69) is 10.1 Å². The molecule has 1 fully saturated rings. The molecule has 1 saturated heterocycles. The van der Waals surface area contributed by atoms with Gasteiger partial charge in [-0.15, -0.1) is 11.8 Å². The van der Waals surface area contributed by atoms with Crippen molar-refractivity contribution in [2.75, 3.05) is 23.9 Å². The van der Waals surface area contributed by atoms with Gasteiger partial charge in [0.15, 0.2) is 6.61 Å². The number of nitrogens with one attached hydrogen (secondary N) is 1. The molecule has 1 N–H and O–H groups in total. The van der Waals surface area contributed by atoms with Crippen LogP contribution in [0.25, 0.3) is 0 Å². The SMILES string of the molecule is O=C(NCc1ccc(OCC(F)(F)F)cc1)[C@H]1CSCCS1. The fraction of sp³-hybridized carbons (Fsp3) is 0.500. The van der Waals surface area contributed by atoms with Crippen LogP contribution in [0.1, 0.15) is 5.56 Å². The molecule has 22 heavy (non-hydrogen) atoms. The smallest absolute Gasteiger partial charge is 0.422 e. The van der Waals surface area contributed by atoms with Gasteiger partial charge < -0.3 is 10.1 Å². The molecule has 8 heteroatoms. The van der Waals surface area contributed by atoms with E-state index in [1.54, 1.807) is 35.7 Å². The highest BCUT2D eigenvalue weighted by Gasteiger charge is 2.28. The van der Waals surface area contributed by atoms with E-state index in [1.165, 1.54) is 12.1 Å². The van der Waals surface area contributed by atoms with Crippen molar-refractivity contribution < 1.29 is 22.7 Å². The first-order chi connectivity index (χ1) is 10.4. The third kappa shape index (κ3) is 6.00. The second-order valence-electron chi connectivity index (χ2n) is 4.70. The summed E-state index contributed by atoms with van der Waals surface area (Å²) in [6.07, 6.45) is -4.34. The lowest BCUT2D eigenvalue weighted by atomic mass is 10.2. The molecular formula is C14H16F3NO2S2. The number of amides is 1. The number of carbonyl (C=O) groups is 1. The van der Waals surface area contributed by atoms with Crippen molar-refractivity contribution in [3.8, 4) is 5.75 Å². The van der Waals surface area contributed by atoms with Gasteiger partial charge >= 0.3 is 6.18 Å². The first-order valence-electron chi connectivity index (χ1n) is 6.69. The summed E-state index contributed by atoms with van der Waals surface area (Å²) in [5.41, 5.74) is 0.821. The zero-order valence-electron chi connectivity index (χ0n) is 11.7. The van der Waals surface area contributed by atoms with Gasteiger partial charge in [-0.25, -0.2) is 0 Å². The van der Waals surface area contributed by atoms with Gasteiger partial charge in [0, 0.05) is 23.8 Å². The van der Waals surface area contributed by atoms with Crippen molar-refractivity contribution in [2.45, 2.75) is 18.0 Å². The van der Waals surface area contributed by atoms with Crippen molar-refractivity contribution in [2.24, 2.45) is 0 Å². The van der Waals surface area contributed by atoms with E-state index in [9.17, 15) is 18.0 Å². The van der Waals surface area contributed by atoms with Gasteiger partial charge in [0.2, 0.25) is 5.91 Å². The minimum absolute atomic E-state index is 0.00889. The zero-order chi connectivity index (χ0) is 16.0. The van der Waals surface area contributed by atoms with E-state index in [0.29, 0.717) is 6.54 Å². The first kappa shape index (κ1) is 17.3. The predicted molar refractivity (Wildman–Crippen MR) is 83.4 cm³/mol. The van der Waals surface area contributed by atoms with Crippen molar-refractivity contribution in [3.05, 3.63) is 29.8 Å². The largest absolute Gasteiger partial charge is 0.484 e. The molecule has 1 aromatic rings. The molecule has 1 aliphatic heterocycles. The van der Waals surface area contributed by atoms with Crippen LogP contribution >= 0.6 is 23.5 Å². The van der Waals surface area contributed by atoms with Crippen LogP contribution in [-0.4, -0.2) is 41.2 Å². The molecule has 0 aliphatic carbocycles. The molecule has 122 valence electrons. The Hall–Kier alpha value is -1.02. The molecule has 2 rings (SSSR count). The number of hydrogen-bond acceptors (Lipinski definition) is 4. The van der Waals surface area contributed by atoms with Gasteiger partial charge in [0.05, 0.1) is 5.25 Å². The van der Waals surface area contributed by atoms with Crippen molar-refractivity contribution in [1.82, 2.24) is 5.32 Å². The van der Waals surface area contributed by atoms with Crippen LogP contribution in [0.4, 0.5) is 13.2 Å². The third-order valence-electron chi connectivity index (χ3n) is 2.90. The summed E-state index contributed by atoms with van der Waals surface area (Å²) in [5.74, 6) is 3.05.